The fourth-order valence-electron chi connectivity index (χ4n) is 2.89. The molecule has 1 unspecified atom stereocenters. The van der Waals surface area contributed by atoms with Gasteiger partial charge >= 0.3 is 0 Å². The molecule has 7 heteroatoms. The van der Waals surface area contributed by atoms with E-state index in [9.17, 15) is 8.42 Å². The smallest absolute Gasteiger partial charge is 0.281 e. The van der Waals surface area contributed by atoms with Gasteiger partial charge in [-0.05, 0) is 12.8 Å². The standard InChI is InChI=1S/C12H26N4O2S/c1-3-7-14(2)19(17,18)16-8-4-12(11-16)15-9-5-13-6-10-15/h12-13H,3-11H2,1-2H3. The van der Waals surface area contributed by atoms with Crippen LogP contribution in [0.15, 0.2) is 0 Å². The molecule has 1 N–H and O–H groups in total. The van der Waals surface area contributed by atoms with Crippen molar-refractivity contribution in [2.45, 2.75) is 25.8 Å². The highest BCUT2D eigenvalue weighted by Gasteiger charge is 2.36. The molecule has 2 heterocycles. The second kappa shape index (κ2) is 6.49. The lowest BCUT2D eigenvalue weighted by Gasteiger charge is -2.32. The second-order valence-corrected chi connectivity index (χ2v) is 7.45. The molecule has 2 aliphatic heterocycles. The van der Waals surface area contributed by atoms with Crippen LogP contribution in [0.3, 0.4) is 0 Å². The Bertz CT molecular complexity index is 381. The first-order valence-electron chi connectivity index (χ1n) is 7.22. The number of rotatable bonds is 5. The van der Waals surface area contributed by atoms with Gasteiger partial charge in [-0.3, -0.25) is 4.90 Å². The van der Waals surface area contributed by atoms with Crippen molar-refractivity contribution in [3.8, 4) is 0 Å². The predicted octanol–water partition coefficient (Wildman–Crippen LogP) is -0.447. The Morgan fingerprint density at radius 3 is 2.58 bits per heavy atom. The van der Waals surface area contributed by atoms with Crippen molar-refractivity contribution in [2.75, 3.05) is 52.9 Å². The Balaban J connectivity index is 1.93. The van der Waals surface area contributed by atoms with Crippen LogP contribution in [-0.4, -0.2) is 80.8 Å². The van der Waals surface area contributed by atoms with E-state index in [1.165, 1.54) is 4.31 Å². The summed E-state index contributed by atoms with van der Waals surface area (Å²) in [6, 6.07) is 0.395. The van der Waals surface area contributed by atoms with Crippen LogP contribution in [0, 0.1) is 0 Å². The van der Waals surface area contributed by atoms with E-state index in [0.29, 0.717) is 25.7 Å². The summed E-state index contributed by atoms with van der Waals surface area (Å²) in [5, 5.41) is 3.33. The second-order valence-electron chi connectivity index (χ2n) is 5.42. The van der Waals surface area contributed by atoms with E-state index in [-0.39, 0.29) is 0 Å². The van der Waals surface area contributed by atoms with E-state index in [1.807, 2.05) is 6.92 Å². The third-order valence-electron chi connectivity index (χ3n) is 4.05. The number of hydrogen-bond acceptors (Lipinski definition) is 4. The Kier molecular flexibility index (Phi) is 5.19. The SMILES string of the molecule is CCCN(C)S(=O)(=O)N1CCC(N2CCNCC2)C1. The Labute approximate surface area is 116 Å². The Morgan fingerprint density at radius 2 is 1.95 bits per heavy atom. The summed E-state index contributed by atoms with van der Waals surface area (Å²) in [6.45, 7) is 7.99. The summed E-state index contributed by atoms with van der Waals surface area (Å²) in [6.07, 6.45) is 1.81. The van der Waals surface area contributed by atoms with E-state index in [1.54, 1.807) is 11.4 Å². The molecule has 0 aromatic carbocycles. The first-order chi connectivity index (χ1) is 9.05. The third kappa shape index (κ3) is 3.46. The van der Waals surface area contributed by atoms with E-state index >= 15 is 0 Å². The minimum atomic E-state index is -3.25. The molecule has 0 aliphatic carbocycles. The summed E-state index contributed by atoms with van der Waals surface area (Å²) < 4.78 is 27.9. The fourth-order valence-corrected chi connectivity index (χ4v) is 4.40. The van der Waals surface area contributed by atoms with E-state index in [4.69, 9.17) is 0 Å². The molecule has 0 aromatic heterocycles. The maximum absolute atomic E-state index is 12.4. The summed E-state index contributed by atoms with van der Waals surface area (Å²) in [4.78, 5) is 2.42. The van der Waals surface area contributed by atoms with E-state index in [2.05, 4.69) is 10.2 Å². The molecule has 0 bridgehead atoms. The Hall–Kier alpha value is -0.210. The number of nitrogens with zero attached hydrogens (tertiary/aromatic N) is 3. The molecule has 112 valence electrons. The quantitative estimate of drug-likeness (QED) is 0.745. The molecule has 0 aromatic rings. The van der Waals surface area contributed by atoms with Crippen molar-refractivity contribution in [2.24, 2.45) is 0 Å². The largest absolute Gasteiger partial charge is 0.314 e. The topological polar surface area (TPSA) is 55.9 Å². The van der Waals surface area contributed by atoms with Gasteiger partial charge in [-0.25, -0.2) is 0 Å². The summed E-state index contributed by atoms with van der Waals surface area (Å²) >= 11 is 0. The zero-order valence-electron chi connectivity index (χ0n) is 12.0. The van der Waals surface area contributed by atoms with Crippen LogP contribution in [0.2, 0.25) is 0 Å². The van der Waals surface area contributed by atoms with Crippen molar-refractivity contribution >= 4 is 10.2 Å². The molecule has 2 aliphatic rings. The van der Waals surface area contributed by atoms with Crippen LogP contribution in [0.4, 0.5) is 0 Å². The molecule has 0 saturated carbocycles. The summed E-state index contributed by atoms with van der Waals surface area (Å²) in [5.74, 6) is 0. The van der Waals surface area contributed by atoms with Crippen molar-refractivity contribution in [3.05, 3.63) is 0 Å². The highest BCUT2D eigenvalue weighted by molar-refractivity contribution is 7.86. The molecule has 2 saturated heterocycles. The van der Waals surface area contributed by atoms with Crippen LogP contribution >= 0.6 is 0 Å². The lowest BCUT2D eigenvalue weighted by atomic mass is 10.2. The number of hydrogen-bond donors (Lipinski definition) is 1. The molecule has 2 fully saturated rings. The molecule has 6 nitrogen and oxygen atoms in total. The van der Waals surface area contributed by atoms with Crippen molar-refractivity contribution in [1.82, 2.24) is 18.8 Å². The molecule has 19 heavy (non-hydrogen) atoms. The van der Waals surface area contributed by atoms with Crippen LogP contribution in [-0.2, 0) is 10.2 Å². The fraction of sp³-hybridized carbons (Fsp3) is 1.00. The third-order valence-corrected chi connectivity index (χ3v) is 6.01. The van der Waals surface area contributed by atoms with Gasteiger partial charge in [-0.1, -0.05) is 6.92 Å². The van der Waals surface area contributed by atoms with Gasteiger partial charge in [0.25, 0.3) is 10.2 Å². The van der Waals surface area contributed by atoms with Gasteiger partial charge in [-0.2, -0.15) is 17.0 Å². The van der Waals surface area contributed by atoms with Gasteiger partial charge in [0.05, 0.1) is 0 Å². The molecular formula is C12H26N4O2S. The number of nitrogens with one attached hydrogen (secondary N) is 1. The molecular weight excluding hydrogens is 264 g/mol. The average Bonchev–Trinajstić information content (AvgIpc) is 2.90. The van der Waals surface area contributed by atoms with Crippen LogP contribution in [0.1, 0.15) is 19.8 Å². The lowest BCUT2D eigenvalue weighted by molar-refractivity contribution is 0.179. The predicted molar refractivity (Wildman–Crippen MR) is 76.3 cm³/mol. The van der Waals surface area contributed by atoms with Crippen molar-refractivity contribution in [3.63, 3.8) is 0 Å². The van der Waals surface area contributed by atoms with Crippen molar-refractivity contribution in [1.29, 1.82) is 0 Å². The number of piperazine rings is 1. The molecule has 0 spiro atoms. The van der Waals surface area contributed by atoms with E-state index < -0.39 is 10.2 Å². The molecule has 0 radical (unpaired) electrons. The zero-order chi connectivity index (χ0) is 13.9. The van der Waals surface area contributed by atoms with Crippen molar-refractivity contribution < 1.29 is 8.42 Å². The molecule has 2 rings (SSSR count). The maximum Gasteiger partial charge on any atom is 0.281 e. The van der Waals surface area contributed by atoms with Gasteiger partial charge < -0.3 is 5.32 Å². The first kappa shape index (κ1) is 15.2. The van der Waals surface area contributed by atoms with Gasteiger partial charge in [0.1, 0.15) is 0 Å². The highest BCUT2D eigenvalue weighted by Crippen LogP contribution is 2.20. The van der Waals surface area contributed by atoms with E-state index in [0.717, 1.165) is 39.0 Å². The van der Waals surface area contributed by atoms with Crippen LogP contribution in [0.5, 0.6) is 0 Å². The first-order valence-corrected chi connectivity index (χ1v) is 8.61. The normalized spacial score (nSPS) is 27.2. The minimum Gasteiger partial charge on any atom is -0.314 e. The maximum atomic E-state index is 12.4. The minimum absolute atomic E-state index is 0.395. The zero-order valence-corrected chi connectivity index (χ0v) is 12.8. The average molecular weight is 290 g/mol. The van der Waals surface area contributed by atoms with Crippen LogP contribution < -0.4 is 5.32 Å². The summed E-state index contributed by atoms with van der Waals surface area (Å²) in [5.41, 5.74) is 0. The summed E-state index contributed by atoms with van der Waals surface area (Å²) in [7, 11) is -1.57. The molecule has 0 amide bonds. The van der Waals surface area contributed by atoms with Gasteiger partial charge in [0.2, 0.25) is 0 Å². The Morgan fingerprint density at radius 1 is 1.26 bits per heavy atom. The lowest BCUT2D eigenvalue weighted by Crippen LogP contribution is -2.50. The highest BCUT2D eigenvalue weighted by atomic mass is 32.2. The monoisotopic (exact) mass is 290 g/mol. The van der Waals surface area contributed by atoms with Gasteiger partial charge in [-0.15, -0.1) is 0 Å². The van der Waals surface area contributed by atoms with Gasteiger partial charge in [0, 0.05) is 58.9 Å². The molecule has 1 atom stereocenters. The van der Waals surface area contributed by atoms with Gasteiger partial charge in [0.15, 0.2) is 0 Å². The van der Waals surface area contributed by atoms with Crippen LogP contribution in [0.25, 0.3) is 0 Å².